The van der Waals surface area contributed by atoms with Crippen LogP contribution >= 0.6 is 0 Å². The molecule has 1 aromatic heterocycles. The van der Waals surface area contributed by atoms with Crippen molar-refractivity contribution in [3.63, 3.8) is 0 Å². The number of benzene rings is 1. The van der Waals surface area contributed by atoms with Crippen LogP contribution in [0.25, 0.3) is 0 Å². The number of rotatable bonds is 5. The number of carbonyl (C=O) groups excluding carboxylic acids is 1. The predicted octanol–water partition coefficient (Wildman–Crippen LogP) is 3.46. The third-order valence-corrected chi connectivity index (χ3v) is 5.50. The molecule has 2 aromatic rings. The number of ether oxygens (including phenoxy) is 1. The predicted molar refractivity (Wildman–Crippen MR) is 100 cm³/mol. The summed E-state index contributed by atoms with van der Waals surface area (Å²) in [5.74, 6) is -1.74. The van der Waals surface area contributed by atoms with Crippen LogP contribution in [0.4, 0.5) is 13.2 Å². The first-order valence-corrected chi connectivity index (χ1v) is 9.28. The second-order valence-corrected chi connectivity index (χ2v) is 7.67. The van der Waals surface area contributed by atoms with Gasteiger partial charge in [-0.2, -0.15) is 0 Å². The first-order chi connectivity index (χ1) is 13.7. The number of fused-ring (bicyclic) bond motifs is 1. The molecular formula is C21H20F3N3O2. The first kappa shape index (κ1) is 19.4. The highest BCUT2D eigenvalue weighted by Crippen LogP contribution is 2.56. The molecule has 5 nitrogen and oxygen atoms in total. The van der Waals surface area contributed by atoms with E-state index in [2.05, 4.69) is 9.98 Å². The number of halogens is 3. The van der Waals surface area contributed by atoms with Crippen LogP contribution in [0.5, 0.6) is 0 Å². The number of ketones is 1. The summed E-state index contributed by atoms with van der Waals surface area (Å²) in [6.07, 6.45) is -1.64. The van der Waals surface area contributed by atoms with Gasteiger partial charge in [0.05, 0.1) is 0 Å². The van der Waals surface area contributed by atoms with Crippen molar-refractivity contribution in [2.24, 2.45) is 16.6 Å². The Morgan fingerprint density at radius 3 is 2.79 bits per heavy atom. The lowest BCUT2D eigenvalue weighted by atomic mass is 9.83. The molecule has 2 aliphatic rings. The highest BCUT2D eigenvalue weighted by Gasteiger charge is 2.64. The second-order valence-electron chi connectivity index (χ2n) is 7.67. The summed E-state index contributed by atoms with van der Waals surface area (Å²) < 4.78 is 48.2. The van der Waals surface area contributed by atoms with E-state index in [-0.39, 0.29) is 23.8 Å². The van der Waals surface area contributed by atoms with E-state index in [0.717, 1.165) is 17.2 Å². The van der Waals surface area contributed by atoms with Gasteiger partial charge in [0.25, 0.3) is 12.4 Å². The minimum atomic E-state index is -2.97. The molecule has 0 bridgehead atoms. The Labute approximate surface area is 165 Å². The van der Waals surface area contributed by atoms with Crippen LogP contribution in [0.15, 0.2) is 35.5 Å². The van der Waals surface area contributed by atoms with Crippen LogP contribution in [-0.2, 0) is 16.7 Å². The summed E-state index contributed by atoms with van der Waals surface area (Å²) in [4.78, 5) is 20.7. The number of alkyl halides is 2. The minimum Gasteiger partial charge on any atom is -0.462 e. The van der Waals surface area contributed by atoms with Crippen LogP contribution in [-0.4, -0.2) is 29.3 Å². The van der Waals surface area contributed by atoms with Gasteiger partial charge >= 0.3 is 0 Å². The molecule has 152 valence electrons. The molecule has 0 amide bonds. The Morgan fingerprint density at radius 2 is 2.10 bits per heavy atom. The Morgan fingerprint density at radius 1 is 1.34 bits per heavy atom. The summed E-state index contributed by atoms with van der Waals surface area (Å²) in [6, 6.07) is 5.27. The molecule has 2 N–H and O–H groups in total. The molecule has 3 atom stereocenters. The smallest absolute Gasteiger partial charge is 0.283 e. The highest BCUT2D eigenvalue weighted by atomic mass is 19.3. The van der Waals surface area contributed by atoms with Gasteiger partial charge in [0.15, 0.2) is 11.3 Å². The van der Waals surface area contributed by atoms with Crippen molar-refractivity contribution in [1.82, 2.24) is 4.98 Å². The van der Waals surface area contributed by atoms with E-state index < -0.39 is 29.8 Å². The van der Waals surface area contributed by atoms with Gasteiger partial charge in [-0.05, 0) is 49.1 Å². The van der Waals surface area contributed by atoms with E-state index >= 15 is 0 Å². The van der Waals surface area contributed by atoms with Crippen molar-refractivity contribution in [1.29, 1.82) is 0 Å². The van der Waals surface area contributed by atoms with Crippen LogP contribution < -0.4 is 5.73 Å². The van der Waals surface area contributed by atoms with Crippen molar-refractivity contribution >= 4 is 11.8 Å². The van der Waals surface area contributed by atoms with E-state index in [0.29, 0.717) is 17.7 Å². The largest absolute Gasteiger partial charge is 0.462 e. The zero-order valence-corrected chi connectivity index (χ0v) is 16.0. The SMILES string of the molecule is Cc1cnc(C(=O)Cc2ccc(F)c([C@@]3(C(F)F)N=C(N)O[C@@H]4C[C@@H]43)c2)c(C)c1. The number of hydrogen-bond donors (Lipinski definition) is 1. The van der Waals surface area contributed by atoms with E-state index in [4.69, 9.17) is 10.5 Å². The van der Waals surface area contributed by atoms with Crippen LogP contribution in [0.2, 0.25) is 0 Å². The zero-order chi connectivity index (χ0) is 20.9. The fraction of sp³-hybridized carbons (Fsp3) is 0.381. The third-order valence-electron chi connectivity index (χ3n) is 5.50. The molecule has 0 saturated heterocycles. The van der Waals surface area contributed by atoms with Gasteiger partial charge in [-0.15, -0.1) is 0 Å². The molecule has 1 aliphatic carbocycles. The molecule has 0 radical (unpaired) electrons. The monoisotopic (exact) mass is 403 g/mol. The molecule has 8 heteroatoms. The lowest BCUT2D eigenvalue weighted by molar-refractivity contribution is 0.0176. The molecule has 2 heterocycles. The van der Waals surface area contributed by atoms with Gasteiger partial charge in [0.1, 0.15) is 17.6 Å². The normalized spacial score (nSPS) is 25.2. The molecule has 4 rings (SSSR count). The number of carbonyl (C=O) groups is 1. The van der Waals surface area contributed by atoms with Crippen molar-refractivity contribution in [2.75, 3.05) is 0 Å². The molecule has 1 saturated carbocycles. The van der Waals surface area contributed by atoms with Crippen molar-refractivity contribution in [3.8, 4) is 0 Å². The highest BCUT2D eigenvalue weighted by molar-refractivity contribution is 5.97. The molecule has 1 fully saturated rings. The summed E-state index contributed by atoms with van der Waals surface area (Å²) in [7, 11) is 0. The van der Waals surface area contributed by atoms with Gasteiger partial charge in [-0.3, -0.25) is 9.78 Å². The zero-order valence-electron chi connectivity index (χ0n) is 16.0. The lowest BCUT2D eigenvalue weighted by Crippen LogP contribution is -2.43. The maximum Gasteiger partial charge on any atom is 0.283 e. The van der Waals surface area contributed by atoms with Crippen LogP contribution in [0, 0.1) is 25.6 Å². The summed E-state index contributed by atoms with van der Waals surface area (Å²) in [5, 5.41) is 0. The quantitative estimate of drug-likeness (QED) is 0.776. The summed E-state index contributed by atoms with van der Waals surface area (Å²) >= 11 is 0. The molecular weight excluding hydrogens is 383 g/mol. The molecule has 29 heavy (non-hydrogen) atoms. The van der Waals surface area contributed by atoms with Gasteiger partial charge in [0.2, 0.25) is 0 Å². The number of aromatic nitrogens is 1. The van der Waals surface area contributed by atoms with Gasteiger partial charge in [0, 0.05) is 24.1 Å². The second kappa shape index (κ2) is 6.86. The van der Waals surface area contributed by atoms with E-state index in [1.165, 1.54) is 12.1 Å². The number of nitrogens with zero attached hydrogens (tertiary/aromatic N) is 2. The Hall–Kier alpha value is -2.90. The van der Waals surface area contributed by atoms with Crippen LogP contribution in [0.3, 0.4) is 0 Å². The molecule has 1 aliphatic heterocycles. The maximum absolute atomic E-state index is 14.7. The number of nitrogens with two attached hydrogens (primary N) is 1. The lowest BCUT2D eigenvalue weighted by Gasteiger charge is -2.33. The van der Waals surface area contributed by atoms with Crippen molar-refractivity contribution in [2.45, 2.75) is 44.8 Å². The maximum atomic E-state index is 14.7. The minimum absolute atomic E-state index is 0.0900. The van der Waals surface area contributed by atoms with E-state index in [9.17, 15) is 18.0 Å². The fourth-order valence-electron chi connectivity index (χ4n) is 4.07. The third kappa shape index (κ3) is 3.26. The van der Waals surface area contributed by atoms with Gasteiger partial charge < -0.3 is 10.5 Å². The fourth-order valence-corrected chi connectivity index (χ4v) is 4.07. The number of amidine groups is 1. The summed E-state index contributed by atoms with van der Waals surface area (Å²) in [6.45, 7) is 3.65. The average Bonchev–Trinajstić information content (AvgIpc) is 3.41. The van der Waals surface area contributed by atoms with Gasteiger partial charge in [-0.1, -0.05) is 12.1 Å². The van der Waals surface area contributed by atoms with Gasteiger partial charge in [-0.25, -0.2) is 18.2 Å². The Balaban J connectivity index is 1.71. The Bertz CT molecular complexity index is 1020. The number of pyridine rings is 1. The topological polar surface area (TPSA) is 77.6 Å². The van der Waals surface area contributed by atoms with E-state index in [1.54, 1.807) is 13.1 Å². The van der Waals surface area contributed by atoms with Crippen LogP contribution in [0.1, 0.15) is 39.2 Å². The van der Waals surface area contributed by atoms with Crippen molar-refractivity contribution in [3.05, 3.63) is 64.2 Å². The number of hydrogen-bond acceptors (Lipinski definition) is 5. The van der Waals surface area contributed by atoms with E-state index in [1.807, 2.05) is 13.0 Å². The summed E-state index contributed by atoms with van der Waals surface area (Å²) in [5.41, 5.74) is 5.59. The molecule has 0 unspecified atom stereocenters. The standard InChI is InChI=1S/C21H20F3N3O2/c1-10-5-11(2)18(26-9-10)16(28)7-12-3-4-15(22)13(6-12)21(19(23)24)14-8-17(14)29-20(25)27-21/h3-6,9,14,17,19H,7-8H2,1-2H3,(H2,25,27)/t14-,17+,21+/m0/s1. The first-order valence-electron chi connectivity index (χ1n) is 9.28. The molecule has 1 aromatic carbocycles. The number of aryl methyl sites for hydroxylation is 2. The molecule has 0 spiro atoms. The number of aliphatic imine (C=N–C) groups is 1. The Kier molecular flexibility index (Phi) is 4.59. The van der Waals surface area contributed by atoms with Crippen molar-refractivity contribution < 1.29 is 22.7 Å². The number of Topliss-reactive ketones (excluding diaryl/α,β-unsaturated/α-hetero) is 1. The average molecular weight is 403 g/mol.